The monoisotopic (exact) mass is 199 g/mol. The predicted molar refractivity (Wildman–Crippen MR) is 66.0 cm³/mol. The highest BCUT2D eigenvalue weighted by atomic mass is 14.8. The van der Waals surface area contributed by atoms with Crippen LogP contribution in [0.5, 0.6) is 0 Å². The molecule has 1 aromatic carbocycles. The van der Waals surface area contributed by atoms with Gasteiger partial charge in [-0.1, -0.05) is 38.1 Å². The lowest BCUT2D eigenvalue weighted by Gasteiger charge is -2.25. The van der Waals surface area contributed by atoms with E-state index in [1.807, 2.05) is 12.1 Å². The van der Waals surface area contributed by atoms with Gasteiger partial charge in [0.1, 0.15) is 0 Å². The highest BCUT2D eigenvalue weighted by molar-refractivity contribution is 6.08. The molecule has 78 valence electrons. The maximum absolute atomic E-state index is 4.64. The number of aliphatic imine (C=N–C) groups is 1. The van der Waals surface area contributed by atoms with Crippen molar-refractivity contribution in [2.45, 2.75) is 32.1 Å². The van der Waals surface area contributed by atoms with E-state index in [0.29, 0.717) is 0 Å². The summed E-state index contributed by atoms with van der Waals surface area (Å²) < 4.78 is 0. The van der Waals surface area contributed by atoms with Crippen LogP contribution >= 0.6 is 0 Å². The lowest BCUT2D eigenvalue weighted by atomic mass is 9.76. The fraction of sp³-hybridized carbons (Fsp3) is 0.357. The fourth-order valence-corrected chi connectivity index (χ4v) is 2.46. The van der Waals surface area contributed by atoms with Gasteiger partial charge >= 0.3 is 0 Å². The van der Waals surface area contributed by atoms with Crippen LogP contribution < -0.4 is 0 Å². The molecular weight excluding hydrogens is 182 g/mol. The van der Waals surface area contributed by atoms with Crippen LogP contribution in [0.3, 0.4) is 0 Å². The van der Waals surface area contributed by atoms with Crippen LogP contribution in [-0.2, 0) is 5.41 Å². The Balaban J connectivity index is 2.54. The maximum atomic E-state index is 4.64. The average molecular weight is 199 g/mol. The first-order valence-electron chi connectivity index (χ1n) is 5.53. The zero-order chi connectivity index (χ0) is 10.9. The lowest BCUT2D eigenvalue weighted by Crippen LogP contribution is -2.27. The minimum atomic E-state index is 0.0765. The molecule has 0 aromatic heterocycles. The van der Waals surface area contributed by atoms with Gasteiger partial charge in [0.25, 0.3) is 0 Å². The normalized spacial score (nSPS) is 23.5. The molecule has 0 N–H and O–H groups in total. The van der Waals surface area contributed by atoms with Gasteiger partial charge in [-0.15, -0.1) is 0 Å². The van der Waals surface area contributed by atoms with Crippen LogP contribution in [0.25, 0.3) is 0 Å². The highest BCUT2D eigenvalue weighted by Crippen LogP contribution is 2.43. The molecule has 0 aliphatic carbocycles. The van der Waals surface area contributed by atoms with Crippen molar-refractivity contribution in [3.63, 3.8) is 0 Å². The minimum absolute atomic E-state index is 0.0765. The van der Waals surface area contributed by atoms with Gasteiger partial charge in [-0.3, -0.25) is 4.99 Å². The van der Waals surface area contributed by atoms with Crippen molar-refractivity contribution in [2.75, 3.05) is 0 Å². The van der Waals surface area contributed by atoms with Crippen molar-refractivity contribution < 1.29 is 0 Å². The molecule has 1 atom stereocenters. The largest absolute Gasteiger partial charge is 0.252 e. The zero-order valence-corrected chi connectivity index (χ0v) is 9.46. The maximum Gasteiger partial charge on any atom is 0.0674 e. The first-order valence-corrected chi connectivity index (χ1v) is 5.53. The molecule has 0 spiro atoms. The van der Waals surface area contributed by atoms with E-state index in [-0.39, 0.29) is 5.41 Å². The summed E-state index contributed by atoms with van der Waals surface area (Å²) in [4.78, 5) is 4.64. The Bertz CT molecular complexity index is 417. The molecule has 0 radical (unpaired) electrons. The second-order valence-corrected chi connectivity index (χ2v) is 4.30. The van der Waals surface area contributed by atoms with Crippen molar-refractivity contribution in [3.8, 4) is 0 Å². The second kappa shape index (κ2) is 3.65. The molecule has 0 amide bonds. The van der Waals surface area contributed by atoms with Crippen LogP contribution in [-0.4, -0.2) is 5.71 Å². The second-order valence-electron chi connectivity index (χ2n) is 4.30. The van der Waals surface area contributed by atoms with Crippen molar-refractivity contribution in [3.05, 3.63) is 42.5 Å². The van der Waals surface area contributed by atoms with E-state index in [4.69, 9.17) is 0 Å². The van der Waals surface area contributed by atoms with Gasteiger partial charge in [-0.05, 0) is 31.1 Å². The van der Waals surface area contributed by atoms with Gasteiger partial charge in [0.15, 0.2) is 0 Å². The Hall–Kier alpha value is -1.37. The zero-order valence-electron chi connectivity index (χ0n) is 9.46. The van der Waals surface area contributed by atoms with E-state index >= 15 is 0 Å². The number of para-hydroxylation sites is 1. The van der Waals surface area contributed by atoms with Crippen molar-refractivity contribution in [2.24, 2.45) is 4.99 Å². The third-order valence-corrected chi connectivity index (χ3v) is 3.25. The number of fused-ring (bicyclic) bond motifs is 1. The Morgan fingerprint density at radius 1 is 1.40 bits per heavy atom. The molecule has 1 unspecified atom stereocenters. The third-order valence-electron chi connectivity index (χ3n) is 3.25. The summed E-state index contributed by atoms with van der Waals surface area (Å²) in [7, 11) is 0. The molecule has 1 aliphatic rings. The molecule has 0 saturated carbocycles. The van der Waals surface area contributed by atoms with Crippen molar-refractivity contribution >= 4 is 11.4 Å². The van der Waals surface area contributed by atoms with Gasteiger partial charge in [0.2, 0.25) is 0 Å². The van der Waals surface area contributed by atoms with Gasteiger partial charge in [0, 0.05) is 5.41 Å². The topological polar surface area (TPSA) is 12.4 Å². The summed E-state index contributed by atoms with van der Waals surface area (Å²) in [6.07, 6.45) is 4.20. The van der Waals surface area contributed by atoms with Crippen LogP contribution in [0.1, 0.15) is 32.3 Å². The molecular formula is C14H17N. The van der Waals surface area contributed by atoms with Crippen LogP contribution in [0, 0.1) is 0 Å². The first-order chi connectivity index (χ1) is 7.22. The van der Waals surface area contributed by atoms with Gasteiger partial charge in [-0.2, -0.15) is 0 Å². The van der Waals surface area contributed by atoms with E-state index < -0.39 is 0 Å². The van der Waals surface area contributed by atoms with Crippen molar-refractivity contribution in [1.82, 2.24) is 0 Å². The van der Waals surface area contributed by atoms with Gasteiger partial charge < -0.3 is 0 Å². The third kappa shape index (κ3) is 1.43. The Kier molecular flexibility index (Phi) is 2.47. The number of benzene rings is 1. The Labute approximate surface area is 91.6 Å². The van der Waals surface area contributed by atoms with Crippen LogP contribution in [0.4, 0.5) is 5.69 Å². The van der Waals surface area contributed by atoms with E-state index in [2.05, 4.69) is 43.6 Å². The summed E-state index contributed by atoms with van der Waals surface area (Å²) in [6.45, 7) is 8.35. The fourth-order valence-electron chi connectivity index (χ4n) is 2.46. The minimum Gasteiger partial charge on any atom is -0.252 e. The summed E-state index contributed by atoms with van der Waals surface area (Å²) in [6, 6.07) is 8.40. The van der Waals surface area contributed by atoms with Gasteiger partial charge in [0.05, 0.1) is 11.4 Å². The molecule has 0 saturated heterocycles. The number of allylic oxidation sites excluding steroid dienone is 1. The summed E-state index contributed by atoms with van der Waals surface area (Å²) >= 11 is 0. The van der Waals surface area contributed by atoms with Crippen LogP contribution in [0.15, 0.2) is 41.9 Å². The van der Waals surface area contributed by atoms with E-state index in [0.717, 1.165) is 24.2 Å². The molecule has 1 aliphatic heterocycles. The predicted octanol–water partition coefficient (Wildman–Crippen LogP) is 4.02. The van der Waals surface area contributed by atoms with E-state index in [1.165, 1.54) is 5.56 Å². The molecule has 1 heterocycles. The van der Waals surface area contributed by atoms with Crippen molar-refractivity contribution in [1.29, 1.82) is 0 Å². The van der Waals surface area contributed by atoms with Crippen LogP contribution in [0.2, 0.25) is 0 Å². The number of hydrogen-bond donors (Lipinski definition) is 0. The standard InChI is InChI=1S/C14H17N/c1-4-10-14(3)11-8-6-7-9-12(11)15-13(14)5-2/h5-9H,2,4,10H2,1,3H3. The SMILES string of the molecule is C=CC1=Nc2ccccc2C1(C)CCC. The van der Waals surface area contributed by atoms with Gasteiger partial charge in [-0.25, -0.2) is 0 Å². The molecule has 1 aromatic rings. The van der Waals surface area contributed by atoms with E-state index in [9.17, 15) is 0 Å². The smallest absolute Gasteiger partial charge is 0.0674 e. The quantitative estimate of drug-likeness (QED) is 0.697. The lowest BCUT2D eigenvalue weighted by molar-refractivity contribution is 0.578. The summed E-state index contributed by atoms with van der Waals surface area (Å²) in [5.74, 6) is 0. The Morgan fingerprint density at radius 2 is 2.13 bits per heavy atom. The summed E-state index contributed by atoms with van der Waals surface area (Å²) in [5, 5.41) is 0. The first kappa shape index (κ1) is 10.2. The molecule has 2 rings (SSSR count). The summed E-state index contributed by atoms with van der Waals surface area (Å²) in [5.41, 5.74) is 3.66. The number of rotatable bonds is 3. The highest BCUT2D eigenvalue weighted by Gasteiger charge is 2.36. The van der Waals surface area contributed by atoms with E-state index in [1.54, 1.807) is 0 Å². The molecule has 1 heteroatoms. The molecule has 0 bridgehead atoms. The Morgan fingerprint density at radius 3 is 2.80 bits per heavy atom. The number of hydrogen-bond acceptors (Lipinski definition) is 1. The molecule has 0 fully saturated rings. The number of nitrogens with zero attached hydrogens (tertiary/aromatic N) is 1. The molecule has 15 heavy (non-hydrogen) atoms. The average Bonchev–Trinajstić information content (AvgIpc) is 2.53. The molecule has 1 nitrogen and oxygen atoms in total.